The van der Waals surface area contributed by atoms with Crippen LogP contribution in [0, 0.1) is 0 Å². The Morgan fingerprint density at radius 3 is 2.38 bits per heavy atom. The summed E-state index contributed by atoms with van der Waals surface area (Å²) >= 11 is 0. The van der Waals surface area contributed by atoms with Gasteiger partial charge in [-0.1, -0.05) is 6.92 Å². The molecule has 0 spiro atoms. The minimum Gasteiger partial charge on any atom is -0.359 e. The zero-order chi connectivity index (χ0) is 10.5. The first kappa shape index (κ1) is 12.4. The molecule has 0 heterocycles. The second kappa shape index (κ2) is 5.22. The van der Waals surface area contributed by atoms with Gasteiger partial charge in [0.25, 0.3) is 0 Å². The van der Waals surface area contributed by atoms with Gasteiger partial charge >= 0.3 is 0 Å². The van der Waals surface area contributed by atoms with Gasteiger partial charge in [0.05, 0.1) is 0 Å². The summed E-state index contributed by atoms with van der Waals surface area (Å²) in [5, 5.41) is 6.03. The van der Waals surface area contributed by atoms with Crippen LogP contribution < -0.4 is 10.6 Å². The highest BCUT2D eigenvalue weighted by Gasteiger charge is 2.18. The molecule has 0 fully saturated rings. The van der Waals surface area contributed by atoms with Crippen LogP contribution in [0.4, 0.5) is 0 Å². The van der Waals surface area contributed by atoms with E-state index in [4.69, 9.17) is 0 Å². The lowest BCUT2D eigenvalue weighted by Crippen LogP contribution is -2.45. The first-order valence-corrected chi connectivity index (χ1v) is 4.89. The third-order valence-corrected chi connectivity index (χ3v) is 2.29. The van der Waals surface area contributed by atoms with Gasteiger partial charge in [0.1, 0.15) is 0 Å². The van der Waals surface area contributed by atoms with Crippen molar-refractivity contribution in [3.63, 3.8) is 0 Å². The molecule has 2 N–H and O–H groups in total. The SMILES string of the molecule is CCC(C)(C)NC(C)CC(=O)NC. The Balaban J connectivity index is 3.86. The molecule has 0 aliphatic rings. The van der Waals surface area contributed by atoms with Crippen molar-refractivity contribution in [3.05, 3.63) is 0 Å². The van der Waals surface area contributed by atoms with Crippen molar-refractivity contribution in [2.24, 2.45) is 0 Å². The van der Waals surface area contributed by atoms with Crippen molar-refractivity contribution < 1.29 is 4.79 Å². The van der Waals surface area contributed by atoms with Crippen LogP contribution in [0.2, 0.25) is 0 Å². The predicted octanol–water partition coefficient (Wildman–Crippen LogP) is 1.29. The van der Waals surface area contributed by atoms with Crippen LogP contribution in [0.5, 0.6) is 0 Å². The fourth-order valence-corrected chi connectivity index (χ4v) is 1.20. The molecule has 1 amide bonds. The Morgan fingerprint density at radius 1 is 1.46 bits per heavy atom. The summed E-state index contributed by atoms with van der Waals surface area (Å²) in [6.45, 7) is 8.47. The average Bonchev–Trinajstić information content (AvgIpc) is 2.03. The molecule has 0 radical (unpaired) electrons. The van der Waals surface area contributed by atoms with E-state index in [-0.39, 0.29) is 17.5 Å². The van der Waals surface area contributed by atoms with Gasteiger partial charge < -0.3 is 10.6 Å². The maximum Gasteiger partial charge on any atom is 0.221 e. The van der Waals surface area contributed by atoms with Crippen molar-refractivity contribution in [1.29, 1.82) is 0 Å². The Hall–Kier alpha value is -0.570. The zero-order valence-corrected chi connectivity index (χ0v) is 9.40. The number of carbonyl (C=O) groups excluding carboxylic acids is 1. The van der Waals surface area contributed by atoms with Crippen molar-refractivity contribution in [3.8, 4) is 0 Å². The largest absolute Gasteiger partial charge is 0.359 e. The molecule has 3 heteroatoms. The molecule has 0 aliphatic carbocycles. The van der Waals surface area contributed by atoms with Crippen molar-refractivity contribution >= 4 is 5.91 Å². The van der Waals surface area contributed by atoms with Crippen molar-refractivity contribution in [1.82, 2.24) is 10.6 Å². The lowest BCUT2D eigenvalue weighted by molar-refractivity contribution is -0.121. The van der Waals surface area contributed by atoms with Gasteiger partial charge in [-0.15, -0.1) is 0 Å². The van der Waals surface area contributed by atoms with E-state index in [1.807, 2.05) is 6.92 Å². The van der Waals surface area contributed by atoms with Gasteiger partial charge in [0.2, 0.25) is 5.91 Å². The van der Waals surface area contributed by atoms with Gasteiger partial charge in [0, 0.05) is 25.0 Å². The first-order chi connectivity index (χ1) is 5.91. The van der Waals surface area contributed by atoms with E-state index in [1.54, 1.807) is 7.05 Å². The number of nitrogens with one attached hydrogen (secondary N) is 2. The van der Waals surface area contributed by atoms with Crippen LogP contribution >= 0.6 is 0 Å². The van der Waals surface area contributed by atoms with Crippen LogP contribution in [-0.4, -0.2) is 24.5 Å². The molecule has 0 aliphatic heterocycles. The summed E-state index contributed by atoms with van der Waals surface area (Å²) in [5.41, 5.74) is 0.118. The minimum atomic E-state index is 0.0897. The summed E-state index contributed by atoms with van der Waals surface area (Å²) in [6, 6.07) is 0.231. The number of hydrogen-bond donors (Lipinski definition) is 2. The number of hydrogen-bond acceptors (Lipinski definition) is 2. The van der Waals surface area contributed by atoms with Crippen molar-refractivity contribution in [2.45, 2.75) is 52.1 Å². The van der Waals surface area contributed by atoms with Crippen LogP contribution in [0.15, 0.2) is 0 Å². The van der Waals surface area contributed by atoms with E-state index in [0.717, 1.165) is 6.42 Å². The van der Waals surface area contributed by atoms with Crippen LogP contribution in [0.1, 0.15) is 40.5 Å². The molecule has 1 unspecified atom stereocenters. The average molecular weight is 186 g/mol. The molecule has 3 nitrogen and oxygen atoms in total. The molecule has 0 aromatic heterocycles. The molecule has 0 aromatic carbocycles. The Morgan fingerprint density at radius 2 is 2.00 bits per heavy atom. The summed E-state index contributed by atoms with van der Waals surface area (Å²) in [7, 11) is 1.67. The Kier molecular flexibility index (Phi) is 4.99. The molecule has 1 atom stereocenters. The number of rotatable bonds is 5. The van der Waals surface area contributed by atoms with E-state index in [0.29, 0.717) is 6.42 Å². The first-order valence-electron chi connectivity index (χ1n) is 4.89. The second-order valence-electron chi connectivity index (χ2n) is 4.16. The lowest BCUT2D eigenvalue weighted by Gasteiger charge is -2.28. The molecule has 0 rings (SSSR count). The number of amides is 1. The highest BCUT2D eigenvalue weighted by molar-refractivity contribution is 5.76. The maximum absolute atomic E-state index is 11.0. The topological polar surface area (TPSA) is 41.1 Å². The summed E-state index contributed by atoms with van der Waals surface area (Å²) in [5.74, 6) is 0.0897. The monoisotopic (exact) mass is 186 g/mol. The minimum absolute atomic E-state index is 0.0897. The molecule has 0 bridgehead atoms. The highest BCUT2D eigenvalue weighted by atomic mass is 16.1. The predicted molar refractivity (Wildman–Crippen MR) is 55.7 cm³/mol. The van der Waals surface area contributed by atoms with E-state index >= 15 is 0 Å². The molecule has 0 saturated carbocycles. The lowest BCUT2D eigenvalue weighted by atomic mass is 10.00. The van der Waals surface area contributed by atoms with Gasteiger partial charge in [-0.25, -0.2) is 0 Å². The molecule has 78 valence electrons. The summed E-state index contributed by atoms with van der Waals surface area (Å²) < 4.78 is 0. The molecule has 13 heavy (non-hydrogen) atoms. The zero-order valence-electron chi connectivity index (χ0n) is 9.40. The van der Waals surface area contributed by atoms with Crippen molar-refractivity contribution in [2.75, 3.05) is 7.05 Å². The standard InChI is InChI=1S/C10H22N2O/c1-6-10(3,4)12-8(2)7-9(13)11-5/h8,12H,6-7H2,1-5H3,(H,11,13). The van der Waals surface area contributed by atoms with Crippen LogP contribution in [0.3, 0.4) is 0 Å². The third kappa shape index (κ3) is 5.64. The van der Waals surface area contributed by atoms with Gasteiger partial charge in [-0.2, -0.15) is 0 Å². The second-order valence-corrected chi connectivity index (χ2v) is 4.16. The van der Waals surface area contributed by atoms with Gasteiger partial charge in [-0.3, -0.25) is 4.79 Å². The van der Waals surface area contributed by atoms with Crippen LogP contribution in [-0.2, 0) is 4.79 Å². The molecule has 0 aromatic rings. The van der Waals surface area contributed by atoms with Gasteiger partial charge in [0.15, 0.2) is 0 Å². The van der Waals surface area contributed by atoms with E-state index in [2.05, 4.69) is 31.4 Å². The normalized spacial score (nSPS) is 13.9. The number of carbonyl (C=O) groups is 1. The van der Waals surface area contributed by atoms with E-state index < -0.39 is 0 Å². The quantitative estimate of drug-likeness (QED) is 0.679. The smallest absolute Gasteiger partial charge is 0.221 e. The van der Waals surface area contributed by atoms with Crippen LogP contribution in [0.25, 0.3) is 0 Å². The fraction of sp³-hybridized carbons (Fsp3) is 0.900. The maximum atomic E-state index is 11.0. The molecule has 0 saturated heterocycles. The summed E-state index contributed by atoms with van der Waals surface area (Å²) in [4.78, 5) is 11.0. The van der Waals surface area contributed by atoms with Gasteiger partial charge in [-0.05, 0) is 27.2 Å². The highest BCUT2D eigenvalue weighted by Crippen LogP contribution is 2.09. The van der Waals surface area contributed by atoms with E-state index in [9.17, 15) is 4.79 Å². The molecular weight excluding hydrogens is 164 g/mol. The third-order valence-electron chi connectivity index (χ3n) is 2.29. The Labute approximate surface area is 81.3 Å². The van der Waals surface area contributed by atoms with E-state index in [1.165, 1.54) is 0 Å². The summed E-state index contributed by atoms with van der Waals surface area (Å²) in [6.07, 6.45) is 1.60. The fourth-order valence-electron chi connectivity index (χ4n) is 1.20. The Bertz CT molecular complexity index is 166. The molecular formula is C10H22N2O.